The van der Waals surface area contributed by atoms with Gasteiger partial charge < -0.3 is 14.6 Å². The number of amidine groups is 1. The molecular formula is C7H18N2O2SSi. The van der Waals surface area contributed by atoms with Crippen molar-refractivity contribution in [2.24, 2.45) is 5.73 Å². The highest BCUT2D eigenvalue weighted by Gasteiger charge is 2.27. The predicted molar refractivity (Wildman–Crippen MR) is 59.4 cm³/mol. The molecule has 0 atom stereocenters. The number of hydrogen-bond acceptors (Lipinski definition) is 4. The minimum atomic E-state index is -1.89. The molecule has 0 rings (SSSR count). The third-order valence-corrected chi connectivity index (χ3v) is 5.69. The Bertz CT molecular complexity index is 165. The van der Waals surface area contributed by atoms with E-state index in [1.54, 1.807) is 14.2 Å². The summed E-state index contributed by atoms with van der Waals surface area (Å²) in [5.41, 5.74) is 5.20. The molecule has 13 heavy (non-hydrogen) atoms. The fraction of sp³-hybridized carbons (Fsp3) is 0.857. The van der Waals surface area contributed by atoms with Crippen LogP contribution in [-0.2, 0) is 8.85 Å². The minimum Gasteiger partial charge on any atom is -0.398 e. The summed E-state index contributed by atoms with van der Waals surface area (Å²) in [5.74, 6) is 0.866. The van der Waals surface area contributed by atoms with E-state index in [9.17, 15) is 0 Å². The normalized spacial score (nSPS) is 11.6. The monoisotopic (exact) mass is 222 g/mol. The average molecular weight is 222 g/mol. The van der Waals surface area contributed by atoms with Gasteiger partial charge in [0, 0.05) is 20.0 Å². The number of thioether (sulfide) groups is 1. The van der Waals surface area contributed by atoms with Gasteiger partial charge in [-0.25, -0.2) is 0 Å². The van der Waals surface area contributed by atoms with Gasteiger partial charge in [0.2, 0.25) is 0 Å². The second-order valence-electron chi connectivity index (χ2n) is 2.86. The summed E-state index contributed by atoms with van der Waals surface area (Å²) in [6, 6.07) is 0.945. The van der Waals surface area contributed by atoms with Crippen LogP contribution >= 0.6 is 11.8 Å². The quantitative estimate of drug-likeness (QED) is 0.308. The summed E-state index contributed by atoms with van der Waals surface area (Å²) < 4.78 is 10.6. The van der Waals surface area contributed by atoms with E-state index >= 15 is 0 Å². The van der Waals surface area contributed by atoms with Crippen LogP contribution in [0.4, 0.5) is 0 Å². The van der Waals surface area contributed by atoms with Crippen molar-refractivity contribution in [3.05, 3.63) is 0 Å². The Balaban J connectivity index is 3.55. The Morgan fingerprint density at radius 2 is 2.00 bits per heavy atom. The van der Waals surface area contributed by atoms with Crippen LogP contribution < -0.4 is 5.73 Å². The summed E-state index contributed by atoms with van der Waals surface area (Å²) >= 11 is 1.37. The summed E-state index contributed by atoms with van der Waals surface area (Å²) in [4.78, 5) is 0. The highest BCUT2D eigenvalue weighted by atomic mass is 32.2. The van der Waals surface area contributed by atoms with Gasteiger partial charge in [0.1, 0.15) is 0 Å². The van der Waals surface area contributed by atoms with Crippen LogP contribution in [-0.4, -0.2) is 33.7 Å². The van der Waals surface area contributed by atoms with Crippen LogP contribution in [0.3, 0.4) is 0 Å². The molecule has 0 aliphatic heterocycles. The largest absolute Gasteiger partial charge is 0.398 e. The van der Waals surface area contributed by atoms with Gasteiger partial charge in [0.05, 0.1) is 0 Å². The van der Waals surface area contributed by atoms with Crippen LogP contribution in [0.25, 0.3) is 0 Å². The zero-order valence-corrected chi connectivity index (χ0v) is 10.2. The van der Waals surface area contributed by atoms with Gasteiger partial charge in [0.15, 0.2) is 5.17 Å². The molecule has 4 nitrogen and oxygen atoms in total. The molecule has 0 aromatic carbocycles. The summed E-state index contributed by atoms with van der Waals surface area (Å²) in [7, 11) is 1.48. The molecule has 0 aromatic rings. The molecule has 0 unspecified atom stereocenters. The van der Waals surface area contributed by atoms with Crippen LogP contribution in [0.5, 0.6) is 0 Å². The first-order valence-corrected chi connectivity index (χ1v) is 7.62. The lowest BCUT2D eigenvalue weighted by atomic mass is 10.6. The smallest absolute Gasteiger partial charge is 0.334 e. The Morgan fingerprint density at radius 3 is 2.38 bits per heavy atom. The molecule has 0 saturated heterocycles. The molecule has 78 valence electrons. The molecule has 0 saturated carbocycles. The molecule has 0 aliphatic carbocycles. The molecule has 0 aromatic heterocycles. The molecule has 0 heterocycles. The van der Waals surface area contributed by atoms with Crippen LogP contribution in [0.2, 0.25) is 12.6 Å². The van der Waals surface area contributed by atoms with Crippen molar-refractivity contribution in [2.45, 2.75) is 19.0 Å². The van der Waals surface area contributed by atoms with Crippen LogP contribution in [0.1, 0.15) is 6.42 Å². The van der Waals surface area contributed by atoms with Gasteiger partial charge in [-0.1, -0.05) is 11.8 Å². The van der Waals surface area contributed by atoms with Gasteiger partial charge in [0.25, 0.3) is 0 Å². The molecule has 0 aliphatic rings. The van der Waals surface area contributed by atoms with Crippen LogP contribution in [0, 0.1) is 5.41 Å². The zero-order chi connectivity index (χ0) is 10.3. The van der Waals surface area contributed by atoms with Crippen molar-refractivity contribution in [1.82, 2.24) is 0 Å². The van der Waals surface area contributed by atoms with Crippen molar-refractivity contribution in [2.75, 3.05) is 20.0 Å². The maximum atomic E-state index is 7.01. The van der Waals surface area contributed by atoms with E-state index in [2.05, 4.69) is 0 Å². The van der Waals surface area contributed by atoms with Crippen molar-refractivity contribution < 1.29 is 8.85 Å². The summed E-state index contributed by atoms with van der Waals surface area (Å²) in [6.07, 6.45) is 0.981. The molecule has 0 spiro atoms. The van der Waals surface area contributed by atoms with E-state index in [-0.39, 0.29) is 5.17 Å². The highest BCUT2D eigenvalue weighted by Crippen LogP contribution is 2.15. The minimum absolute atomic E-state index is 0.179. The summed E-state index contributed by atoms with van der Waals surface area (Å²) in [5, 5.41) is 7.19. The first kappa shape index (κ1) is 13.0. The average Bonchev–Trinajstić information content (AvgIpc) is 2.12. The van der Waals surface area contributed by atoms with Gasteiger partial charge >= 0.3 is 8.56 Å². The SMILES string of the molecule is CO[Si](C)(CCCSC(=N)N)OC. The topological polar surface area (TPSA) is 68.3 Å². The fourth-order valence-corrected chi connectivity index (χ4v) is 3.02. The molecule has 6 heteroatoms. The Hall–Kier alpha value is -0.0431. The lowest BCUT2D eigenvalue weighted by Crippen LogP contribution is -2.35. The van der Waals surface area contributed by atoms with Gasteiger partial charge in [-0.15, -0.1) is 0 Å². The van der Waals surface area contributed by atoms with E-state index in [0.717, 1.165) is 18.2 Å². The molecule has 0 amide bonds. The lowest BCUT2D eigenvalue weighted by molar-refractivity contribution is 0.249. The lowest BCUT2D eigenvalue weighted by Gasteiger charge is -2.22. The van der Waals surface area contributed by atoms with E-state index in [1.165, 1.54) is 11.8 Å². The van der Waals surface area contributed by atoms with E-state index in [1.807, 2.05) is 6.55 Å². The van der Waals surface area contributed by atoms with E-state index < -0.39 is 8.56 Å². The highest BCUT2D eigenvalue weighted by molar-refractivity contribution is 8.13. The van der Waals surface area contributed by atoms with Crippen molar-refractivity contribution in [3.63, 3.8) is 0 Å². The number of hydrogen-bond donors (Lipinski definition) is 2. The third-order valence-electron chi connectivity index (χ3n) is 1.90. The number of rotatable bonds is 6. The maximum absolute atomic E-state index is 7.01. The first-order chi connectivity index (χ1) is 6.04. The standard InChI is InChI=1S/C7H18N2O2SSi/c1-10-13(3,11-2)6-4-5-12-7(8)9/h4-6H2,1-3H3,(H3,8,9). The predicted octanol–water partition coefficient (Wildman–Crippen LogP) is 1.37. The molecule has 3 N–H and O–H groups in total. The van der Waals surface area contributed by atoms with Crippen molar-refractivity contribution in [3.8, 4) is 0 Å². The third kappa shape index (κ3) is 6.09. The Kier molecular flexibility index (Phi) is 6.40. The Morgan fingerprint density at radius 1 is 1.46 bits per heavy atom. The number of nitrogens with two attached hydrogens (primary N) is 1. The van der Waals surface area contributed by atoms with Gasteiger partial charge in [-0.3, -0.25) is 5.41 Å². The van der Waals surface area contributed by atoms with Crippen molar-refractivity contribution >= 4 is 25.5 Å². The van der Waals surface area contributed by atoms with Gasteiger partial charge in [-0.2, -0.15) is 0 Å². The van der Waals surface area contributed by atoms with E-state index in [0.29, 0.717) is 0 Å². The molecule has 0 bridgehead atoms. The second-order valence-corrected chi connectivity index (χ2v) is 7.58. The summed E-state index contributed by atoms with van der Waals surface area (Å²) in [6.45, 7) is 2.03. The molecule has 0 fully saturated rings. The van der Waals surface area contributed by atoms with E-state index in [4.69, 9.17) is 20.0 Å². The van der Waals surface area contributed by atoms with Crippen molar-refractivity contribution in [1.29, 1.82) is 5.41 Å². The zero-order valence-electron chi connectivity index (χ0n) is 8.42. The van der Waals surface area contributed by atoms with Gasteiger partial charge in [-0.05, 0) is 19.0 Å². The second kappa shape index (κ2) is 6.42. The molecule has 0 radical (unpaired) electrons. The molecular weight excluding hydrogens is 204 g/mol. The van der Waals surface area contributed by atoms with Crippen LogP contribution in [0.15, 0.2) is 0 Å². The number of nitrogens with one attached hydrogen (secondary N) is 1. The first-order valence-electron chi connectivity index (χ1n) is 4.11. The maximum Gasteiger partial charge on any atom is 0.334 e. The Labute approximate surface area is 84.9 Å². The fourth-order valence-electron chi connectivity index (χ4n) is 0.863.